The Balaban J connectivity index is 1.47. The van der Waals surface area contributed by atoms with Gasteiger partial charge in [0.05, 0.1) is 11.3 Å². The minimum Gasteiger partial charge on any atom is -0.316 e. The SMILES string of the molecule is CCC1CCc2c(sc(NC(=O)CSc3nnc(-c4csc(C)c4)n3C(C)C)c2C#N)C1. The number of hydrogen-bond acceptors (Lipinski definition) is 7. The van der Waals surface area contributed by atoms with Crippen LogP contribution in [0.15, 0.2) is 16.6 Å². The maximum atomic E-state index is 12.8. The molecule has 0 radical (unpaired) electrons. The number of fused-ring (bicyclic) bond motifs is 1. The zero-order chi connectivity index (χ0) is 22.8. The zero-order valence-electron chi connectivity index (χ0n) is 18.8. The minimum absolute atomic E-state index is 0.122. The Bertz CT molecular complexity index is 1170. The number of carbonyl (C=O) groups is 1. The lowest BCUT2D eigenvalue weighted by Crippen LogP contribution is -2.15. The number of amides is 1. The van der Waals surface area contributed by atoms with Crippen molar-refractivity contribution in [3.8, 4) is 17.5 Å². The molecule has 3 aromatic heterocycles. The van der Waals surface area contributed by atoms with Crippen LogP contribution in [0.4, 0.5) is 5.00 Å². The van der Waals surface area contributed by atoms with Gasteiger partial charge in [0.2, 0.25) is 5.91 Å². The number of carbonyl (C=O) groups excluding carboxylic acids is 1. The molecule has 6 nitrogen and oxygen atoms in total. The molecular weight excluding hydrogens is 458 g/mol. The lowest BCUT2D eigenvalue weighted by Gasteiger charge is -2.20. The molecule has 9 heteroatoms. The van der Waals surface area contributed by atoms with Gasteiger partial charge in [0.1, 0.15) is 11.1 Å². The maximum Gasteiger partial charge on any atom is 0.235 e. The van der Waals surface area contributed by atoms with Crippen LogP contribution in [0.5, 0.6) is 0 Å². The summed E-state index contributed by atoms with van der Waals surface area (Å²) >= 11 is 4.64. The smallest absolute Gasteiger partial charge is 0.235 e. The van der Waals surface area contributed by atoms with Crippen LogP contribution in [-0.4, -0.2) is 26.4 Å². The number of nitrogens with one attached hydrogen (secondary N) is 1. The summed E-state index contributed by atoms with van der Waals surface area (Å²) in [5.41, 5.74) is 2.84. The third-order valence-electron chi connectivity index (χ3n) is 5.81. The van der Waals surface area contributed by atoms with E-state index in [1.165, 1.54) is 21.5 Å². The Morgan fingerprint density at radius 1 is 1.44 bits per heavy atom. The molecule has 1 atom stereocenters. The number of aromatic nitrogens is 3. The first-order chi connectivity index (χ1) is 15.4. The molecule has 0 saturated heterocycles. The van der Waals surface area contributed by atoms with Crippen molar-refractivity contribution in [3.63, 3.8) is 0 Å². The Hall–Kier alpha value is -2.15. The zero-order valence-corrected chi connectivity index (χ0v) is 21.2. The van der Waals surface area contributed by atoms with Crippen molar-refractivity contribution in [2.75, 3.05) is 11.1 Å². The van der Waals surface area contributed by atoms with Crippen molar-refractivity contribution in [1.29, 1.82) is 5.26 Å². The van der Waals surface area contributed by atoms with Crippen LogP contribution in [-0.2, 0) is 17.6 Å². The molecule has 168 valence electrons. The topological polar surface area (TPSA) is 83.6 Å². The average molecular weight is 486 g/mol. The Kier molecular flexibility index (Phi) is 7.03. The summed E-state index contributed by atoms with van der Waals surface area (Å²) in [5, 5.41) is 25.0. The van der Waals surface area contributed by atoms with Gasteiger partial charge < -0.3 is 5.32 Å². The fraction of sp³-hybridized carbons (Fsp3) is 0.478. The highest BCUT2D eigenvalue weighted by Gasteiger charge is 2.26. The Labute approximate surface area is 201 Å². The second-order valence-electron chi connectivity index (χ2n) is 8.39. The number of hydrogen-bond donors (Lipinski definition) is 1. The molecule has 0 aromatic carbocycles. The van der Waals surface area contributed by atoms with Crippen molar-refractivity contribution in [1.82, 2.24) is 14.8 Å². The molecule has 3 heterocycles. The predicted octanol–water partition coefficient (Wildman–Crippen LogP) is 6.07. The largest absolute Gasteiger partial charge is 0.316 e. The number of anilines is 1. The van der Waals surface area contributed by atoms with Crippen LogP contribution in [0.1, 0.15) is 60.5 Å². The highest BCUT2D eigenvalue weighted by Crippen LogP contribution is 2.40. The van der Waals surface area contributed by atoms with Crippen molar-refractivity contribution < 1.29 is 4.79 Å². The van der Waals surface area contributed by atoms with Gasteiger partial charge in [0, 0.05) is 26.7 Å². The van der Waals surface area contributed by atoms with Gasteiger partial charge >= 0.3 is 0 Å². The van der Waals surface area contributed by atoms with Crippen LogP contribution in [0.25, 0.3) is 11.4 Å². The summed E-state index contributed by atoms with van der Waals surface area (Å²) in [4.78, 5) is 15.2. The first-order valence-corrected chi connectivity index (χ1v) is 13.6. The van der Waals surface area contributed by atoms with E-state index < -0.39 is 0 Å². The number of rotatable bonds is 7. The molecule has 0 bridgehead atoms. The highest BCUT2D eigenvalue weighted by atomic mass is 32.2. The van der Waals surface area contributed by atoms with Gasteiger partial charge in [-0.3, -0.25) is 9.36 Å². The number of thiophene rings is 2. The Morgan fingerprint density at radius 2 is 2.25 bits per heavy atom. The summed E-state index contributed by atoms with van der Waals surface area (Å²) in [6.45, 7) is 8.48. The molecule has 1 unspecified atom stereocenters. The summed E-state index contributed by atoms with van der Waals surface area (Å²) < 4.78 is 2.08. The van der Waals surface area contributed by atoms with E-state index in [0.717, 1.165) is 47.8 Å². The monoisotopic (exact) mass is 485 g/mol. The summed E-state index contributed by atoms with van der Waals surface area (Å²) in [6.07, 6.45) is 4.22. The molecule has 1 N–H and O–H groups in total. The molecule has 3 aromatic rings. The molecule has 1 aliphatic carbocycles. The van der Waals surface area contributed by atoms with Crippen molar-refractivity contribution in [2.45, 2.75) is 64.6 Å². The normalized spacial score (nSPS) is 15.6. The number of aryl methyl sites for hydroxylation is 1. The summed E-state index contributed by atoms with van der Waals surface area (Å²) in [7, 11) is 0. The lowest BCUT2D eigenvalue weighted by molar-refractivity contribution is -0.113. The van der Waals surface area contributed by atoms with Gasteiger partial charge in [0.25, 0.3) is 0 Å². The van der Waals surface area contributed by atoms with Gasteiger partial charge in [0.15, 0.2) is 11.0 Å². The fourth-order valence-corrected chi connectivity index (χ4v) is 6.98. The van der Waals surface area contributed by atoms with E-state index in [1.54, 1.807) is 22.7 Å². The van der Waals surface area contributed by atoms with Crippen LogP contribution in [0.2, 0.25) is 0 Å². The Morgan fingerprint density at radius 3 is 2.91 bits per heavy atom. The highest BCUT2D eigenvalue weighted by molar-refractivity contribution is 7.99. The third-order valence-corrected chi connectivity index (χ3v) is 8.79. The average Bonchev–Trinajstić information content (AvgIpc) is 3.47. The van der Waals surface area contributed by atoms with E-state index >= 15 is 0 Å². The molecule has 0 spiro atoms. The van der Waals surface area contributed by atoms with E-state index in [1.807, 2.05) is 0 Å². The fourth-order valence-electron chi connectivity index (χ4n) is 4.10. The van der Waals surface area contributed by atoms with E-state index in [0.29, 0.717) is 16.5 Å². The second kappa shape index (κ2) is 9.77. The van der Waals surface area contributed by atoms with E-state index in [2.05, 4.69) is 65.3 Å². The van der Waals surface area contributed by atoms with Crippen LogP contribution < -0.4 is 5.32 Å². The molecule has 0 aliphatic heterocycles. The quantitative estimate of drug-likeness (QED) is 0.410. The molecular formula is C23H27N5OS3. The molecule has 0 saturated carbocycles. The van der Waals surface area contributed by atoms with Gasteiger partial charge in [-0.15, -0.1) is 32.9 Å². The second-order valence-corrected chi connectivity index (χ2v) is 11.6. The third kappa shape index (κ3) is 4.63. The summed E-state index contributed by atoms with van der Waals surface area (Å²) in [6, 6.07) is 4.61. The van der Waals surface area contributed by atoms with Gasteiger partial charge in [-0.1, -0.05) is 25.1 Å². The van der Waals surface area contributed by atoms with Crippen molar-refractivity contribution in [2.24, 2.45) is 5.92 Å². The first-order valence-electron chi connectivity index (χ1n) is 10.9. The van der Waals surface area contributed by atoms with E-state index in [4.69, 9.17) is 0 Å². The molecule has 1 amide bonds. The minimum atomic E-state index is -0.122. The molecule has 0 fully saturated rings. The van der Waals surface area contributed by atoms with Gasteiger partial charge in [-0.2, -0.15) is 5.26 Å². The summed E-state index contributed by atoms with van der Waals surface area (Å²) in [5.74, 6) is 1.60. The first kappa shape index (κ1) is 23.0. The number of thioether (sulfide) groups is 1. The predicted molar refractivity (Wildman–Crippen MR) is 133 cm³/mol. The van der Waals surface area contributed by atoms with Crippen LogP contribution >= 0.6 is 34.4 Å². The number of nitriles is 1. The van der Waals surface area contributed by atoms with Gasteiger partial charge in [-0.25, -0.2) is 0 Å². The van der Waals surface area contributed by atoms with Crippen molar-refractivity contribution >= 4 is 45.3 Å². The number of nitrogens with zero attached hydrogens (tertiary/aromatic N) is 4. The van der Waals surface area contributed by atoms with E-state index in [-0.39, 0.29) is 17.7 Å². The van der Waals surface area contributed by atoms with E-state index in [9.17, 15) is 10.1 Å². The van der Waals surface area contributed by atoms with Crippen LogP contribution in [0.3, 0.4) is 0 Å². The molecule has 1 aliphatic rings. The maximum absolute atomic E-state index is 12.8. The lowest BCUT2D eigenvalue weighted by atomic mass is 9.86. The standard InChI is InChI=1S/C23H27N5OS3/c1-5-15-6-7-17-18(10-24)22(32-19(17)9-15)25-20(29)12-31-23-27-26-21(28(23)13(2)3)16-8-14(4)30-11-16/h8,11,13,15H,5-7,9,12H2,1-4H3,(H,25,29). The molecule has 32 heavy (non-hydrogen) atoms. The van der Waals surface area contributed by atoms with Gasteiger partial charge in [-0.05, 0) is 57.6 Å². The van der Waals surface area contributed by atoms with Crippen LogP contribution in [0, 0.1) is 24.2 Å². The van der Waals surface area contributed by atoms with Crippen molar-refractivity contribution in [3.05, 3.63) is 32.3 Å². The molecule has 4 rings (SSSR count).